The SMILES string of the molecule is CCOC(=O)C1CCCCN1C(=O)C1(c2ccccc2)CCN(CCC(CN(C)C(=O)c2ccccc2)c2ccc(OC)cc2)CC1. The molecule has 0 radical (unpaired) electrons. The summed E-state index contributed by atoms with van der Waals surface area (Å²) in [4.78, 5) is 46.8. The summed E-state index contributed by atoms with van der Waals surface area (Å²) in [6.07, 6.45) is 4.69. The van der Waals surface area contributed by atoms with Crippen LogP contribution in [0, 0.1) is 0 Å². The minimum atomic E-state index is -0.683. The molecule has 2 heterocycles. The molecule has 5 rings (SSSR count). The molecule has 8 heteroatoms. The van der Waals surface area contributed by atoms with Gasteiger partial charge in [0.05, 0.1) is 19.1 Å². The number of hydrogen-bond acceptors (Lipinski definition) is 6. The summed E-state index contributed by atoms with van der Waals surface area (Å²) in [5.41, 5.74) is 2.19. The number of methoxy groups -OCH3 is 1. The van der Waals surface area contributed by atoms with Crippen LogP contribution in [0.25, 0.3) is 0 Å². The van der Waals surface area contributed by atoms with Crippen LogP contribution < -0.4 is 4.74 Å². The molecule has 3 aromatic carbocycles. The Morgan fingerprint density at radius 3 is 2.19 bits per heavy atom. The lowest BCUT2D eigenvalue weighted by molar-refractivity contribution is -0.159. The van der Waals surface area contributed by atoms with E-state index in [1.165, 1.54) is 5.56 Å². The van der Waals surface area contributed by atoms with E-state index >= 15 is 0 Å². The van der Waals surface area contributed by atoms with Crippen molar-refractivity contribution < 1.29 is 23.9 Å². The van der Waals surface area contributed by atoms with Crippen LogP contribution in [0.15, 0.2) is 84.9 Å². The molecule has 8 nitrogen and oxygen atoms in total. The molecule has 2 amide bonds. The van der Waals surface area contributed by atoms with E-state index in [1.807, 2.05) is 84.4 Å². The third-order valence-corrected chi connectivity index (χ3v) is 10.0. The highest BCUT2D eigenvalue weighted by atomic mass is 16.5. The normalized spacial score (nSPS) is 18.6. The van der Waals surface area contributed by atoms with Crippen LogP contribution in [0.3, 0.4) is 0 Å². The number of esters is 1. The summed E-state index contributed by atoms with van der Waals surface area (Å²) in [7, 11) is 3.54. The van der Waals surface area contributed by atoms with Gasteiger partial charge in [-0.25, -0.2) is 4.79 Å². The van der Waals surface area contributed by atoms with Crippen LogP contribution in [0.4, 0.5) is 0 Å². The lowest BCUT2D eigenvalue weighted by Gasteiger charge is -2.46. The molecule has 2 fully saturated rings. The minimum absolute atomic E-state index is 0.00655. The van der Waals surface area contributed by atoms with Crippen LogP contribution >= 0.6 is 0 Å². The monoisotopic (exact) mass is 639 g/mol. The molecule has 3 aromatic rings. The summed E-state index contributed by atoms with van der Waals surface area (Å²) in [6.45, 7) is 5.68. The summed E-state index contributed by atoms with van der Waals surface area (Å²) >= 11 is 0. The molecule has 0 aromatic heterocycles. The van der Waals surface area contributed by atoms with E-state index in [2.05, 4.69) is 29.2 Å². The predicted octanol–water partition coefficient (Wildman–Crippen LogP) is 5.92. The number of rotatable bonds is 12. The van der Waals surface area contributed by atoms with Crippen LogP contribution in [-0.4, -0.2) is 92.0 Å². The number of piperidine rings is 2. The van der Waals surface area contributed by atoms with Crippen LogP contribution in [-0.2, 0) is 19.7 Å². The number of hydrogen-bond donors (Lipinski definition) is 0. The van der Waals surface area contributed by atoms with Crippen molar-refractivity contribution in [1.82, 2.24) is 14.7 Å². The smallest absolute Gasteiger partial charge is 0.328 e. The molecule has 0 bridgehead atoms. The Kier molecular flexibility index (Phi) is 11.7. The average Bonchev–Trinajstić information content (AvgIpc) is 3.13. The van der Waals surface area contributed by atoms with Crippen molar-refractivity contribution in [2.45, 2.75) is 62.8 Å². The fourth-order valence-electron chi connectivity index (χ4n) is 7.27. The number of ether oxygens (including phenoxy) is 2. The second-order valence-corrected chi connectivity index (χ2v) is 12.9. The maximum atomic E-state index is 14.6. The summed E-state index contributed by atoms with van der Waals surface area (Å²) < 4.78 is 10.8. The molecular formula is C39H49N3O5. The first kappa shape index (κ1) is 34.2. The molecule has 250 valence electrons. The van der Waals surface area contributed by atoms with Gasteiger partial charge in [0, 0.05) is 31.6 Å². The van der Waals surface area contributed by atoms with E-state index in [9.17, 15) is 14.4 Å². The number of carbonyl (C=O) groups is 3. The third-order valence-electron chi connectivity index (χ3n) is 10.0. The van der Waals surface area contributed by atoms with E-state index in [0.29, 0.717) is 44.5 Å². The zero-order valence-corrected chi connectivity index (χ0v) is 28.1. The fourth-order valence-corrected chi connectivity index (χ4v) is 7.27. The van der Waals surface area contributed by atoms with Gasteiger partial charge in [0.15, 0.2) is 0 Å². The lowest BCUT2D eigenvalue weighted by Crippen LogP contribution is -2.58. The van der Waals surface area contributed by atoms with Gasteiger partial charge in [-0.05, 0) is 100 Å². The molecule has 2 aliphatic heterocycles. The van der Waals surface area contributed by atoms with E-state index in [1.54, 1.807) is 7.11 Å². The molecule has 0 N–H and O–H groups in total. The summed E-state index contributed by atoms with van der Waals surface area (Å²) in [5.74, 6) is 0.699. The molecule has 2 unspecified atom stereocenters. The Morgan fingerprint density at radius 1 is 0.894 bits per heavy atom. The van der Waals surface area contributed by atoms with Crippen molar-refractivity contribution in [3.8, 4) is 5.75 Å². The number of amides is 2. The van der Waals surface area contributed by atoms with E-state index < -0.39 is 11.5 Å². The first-order valence-corrected chi connectivity index (χ1v) is 17.1. The van der Waals surface area contributed by atoms with Crippen molar-refractivity contribution in [2.24, 2.45) is 0 Å². The molecule has 0 saturated carbocycles. The topological polar surface area (TPSA) is 79.4 Å². The Morgan fingerprint density at radius 2 is 1.55 bits per heavy atom. The standard InChI is InChI=1S/C39H49N3O5/c1-4-47-37(44)35-17-11-12-25-42(35)38(45)39(33-15-9-6-10-16-33)23-27-41(28-24-39)26-22-32(30-18-20-34(46-3)21-19-30)29-40(2)36(43)31-13-7-5-8-14-31/h5-10,13-16,18-21,32,35H,4,11-12,17,22-29H2,1-3H3. The van der Waals surface area contributed by atoms with Crippen LogP contribution in [0.2, 0.25) is 0 Å². The van der Waals surface area contributed by atoms with Crippen molar-refractivity contribution in [3.63, 3.8) is 0 Å². The molecular weight excluding hydrogens is 590 g/mol. The fraction of sp³-hybridized carbons (Fsp3) is 0.462. The van der Waals surface area contributed by atoms with Crippen molar-refractivity contribution in [2.75, 3.05) is 53.5 Å². The van der Waals surface area contributed by atoms with Gasteiger partial charge in [0.25, 0.3) is 5.91 Å². The highest BCUT2D eigenvalue weighted by molar-refractivity contribution is 5.94. The molecule has 2 aliphatic rings. The van der Waals surface area contributed by atoms with Gasteiger partial charge < -0.3 is 24.2 Å². The van der Waals surface area contributed by atoms with Gasteiger partial charge in [0.2, 0.25) is 5.91 Å². The number of nitrogens with zero attached hydrogens (tertiary/aromatic N) is 3. The van der Waals surface area contributed by atoms with Crippen LogP contribution in [0.1, 0.15) is 72.9 Å². The Bertz CT molecular complexity index is 1450. The lowest BCUT2D eigenvalue weighted by atomic mass is 9.71. The van der Waals surface area contributed by atoms with Gasteiger partial charge in [-0.2, -0.15) is 0 Å². The van der Waals surface area contributed by atoms with Gasteiger partial charge in [-0.15, -0.1) is 0 Å². The maximum Gasteiger partial charge on any atom is 0.328 e. The van der Waals surface area contributed by atoms with Gasteiger partial charge in [0.1, 0.15) is 11.8 Å². The van der Waals surface area contributed by atoms with E-state index in [-0.39, 0.29) is 23.7 Å². The Labute approximate surface area is 279 Å². The molecule has 2 atom stereocenters. The minimum Gasteiger partial charge on any atom is -0.497 e. The Hall–Kier alpha value is -4.17. The quantitative estimate of drug-likeness (QED) is 0.229. The van der Waals surface area contributed by atoms with Gasteiger partial charge in [-0.1, -0.05) is 60.7 Å². The van der Waals surface area contributed by atoms with Gasteiger partial charge >= 0.3 is 5.97 Å². The Balaban J connectivity index is 1.31. The first-order valence-electron chi connectivity index (χ1n) is 17.1. The van der Waals surface area contributed by atoms with E-state index in [0.717, 1.165) is 50.2 Å². The third kappa shape index (κ3) is 8.04. The zero-order chi connectivity index (χ0) is 33.2. The molecule has 0 aliphatic carbocycles. The van der Waals surface area contributed by atoms with Crippen molar-refractivity contribution >= 4 is 17.8 Å². The average molecular weight is 640 g/mol. The highest BCUT2D eigenvalue weighted by Crippen LogP contribution is 2.39. The molecule has 2 saturated heterocycles. The number of benzene rings is 3. The number of carbonyl (C=O) groups excluding carboxylic acids is 3. The molecule has 47 heavy (non-hydrogen) atoms. The molecule has 0 spiro atoms. The maximum absolute atomic E-state index is 14.6. The van der Waals surface area contributed by atoms with Crippen molar-refractivity contribution in [1.29, 1.82) is 0 Å². The van der Waals surface area contributed by atoms with Crippen molar-refractivity contribution in [3.05, 3.63) is 102 Å². The zero-order valence-electron chi connectivity index (χ0n) is 28.1. The predicted molar refractivity (Wildman–Crippen MR) is 184 cm³/mol. The first-order chi connectivity index (χ1) is 22.9. The highest BCUT2D eigenvalue weighted by Gasteiger charge is 2.48. The summed E-state index contributed by atoms with van der Waals surface area (Å²) in [5, 5.41) is 0. The number of likely N-dealkylation sites (tertiary alicyclic amines) is 2. The second-order valence-electron chi connectivity index (χ2n) is 12.9. The van der Waals surface area contributed by atoms with E-state index in [4.69, 9.17) is 9.47 Å². The summed E-state index contributed by atoms with van der Waals surface area (Å²) in [6, 6.07) is 27.2. The number of likely N-dealkylation sites (N-methyl/N-ethyl adjacent to an activating group) is 1. The van der Waals surface area contributed by atoms with Crippen LogP contribution in [0.5, 0.6) is 5.75 Å². The largest absolute Gasteiger partial charge is 0.497 e. The van der Waals surface area contributed by atoms with Gasteiger partial charge in [-0.3, -0.25) is 9.59 Å². The second kappa shape index (κ2) is 16.1.